The molecule has 1 fully saturated rings. The summed E-state index contributed by atoms with van der Waals surface area (Å²) in [7, 11) is 0. The third kappa shape index (κ3) is 3.63. The number of hydrogen-bond acceptors (Lipinski definition) is 2. The van der Waals surface area contributed by atoms with Gasteiger partial charge in [0.25, 0.3) is 0 Å². The third-order valence-corrected chi connectivity index (χ3v) is 4.52. The molecule has 0 saturated carbocycles. The lowest BCUT2D eigenvalue weighted by atomic mass is 9.85. The maximum Gasteiger partial charge on any atom is 0.409 e. The average Bonchev–Trinajstić information content (AvgIpc) is 2.90. The van der Waals surface area contributed by atoms with E-state index < -0.39 is 12.2 Å². The van der Waals surface area contributed by atoms with E-state index in [-0.39, 0.29) is 29.9 Å². The van der Waals surface area contributed by atoms with E-state index in [0.29, 0.717) is 0 Å². The molecule has 1 aliphatic rings. The zero-order valence-corrected chi connectivity index (χ0v) is 14.4. The van der Waals surface area contributed by atoms with Gasteiger partial charge in [-0.2, -0.15) is 13.2 Å². The van der Waals surface area contributed by atoms with Gasteiger partial charge in [0, 0.05) is 13.0 Å². The van der Waals surface area contributed by atoms with Gasteiger partial charge in [0.2, 0.25) is 5.91 Å². The molecular formula is C19H21F3N2O. The Bertz CT molecular complexity index is 808. The van der Waals surface area contributed by atoms with Crippen molar-refractivity contribution in [1.82, 2.24) is 10.4 Å². The van der Waals surface area contributed by atoms with E-state index in [1.54, 1.807) is 12.1 Å². The molecule has 2 aromatic carbocycles. The maximum atomic E-state index is 13.6. The number of nitrogens with zero attached hydrogens (tertiary/aromatic N) is 1. The Hall–Kier alpha value is -2.08. The first kappa shape index (κ1) is 17.7. The summed E-state index contributed by atoms with van der Waals surface area (Å²) in [4.78, 5) is 11.3. The van der Waals surface area contributed by atoms with Crippen molar-refractivity contribution in [3.8, 4) is 0 Å². The molecule has 0 aromatic heterocycles. The smallest absolute Gasteiger partial charge is 0.288 e. The number of nitrogens with one attached hydrogen (secondary N) is 1. The van der Waals surface area contributed by atoms with Gasteiger partial charge < -0.3 is 0 Å². The third-order valence-electron chi connectivity index (χ3n) is 4.52. The van der Waals surface area contributed by atoms with Gasteiger partial charge in [-0.3, -0.25) is 10.2 Å². The van der Waals surface area contributed by atoms with Crippen LogP contribution in [-0.2, 0) is 10.2 Å². The summed E-state index contributed by atoms with van der Waals surface area (Å²) in [6.45, 7) is 6.33. The van der Waals surface area contributed by atoms with Crippen LogP contribution in [0, 0.1) is 0 Å². The van der Waals surface area contributed by atoms with Crippen LogP contribution in [0.1, 0.15) is 44.4 Å². The Morgan fingerprint density at radius 1 is 1.04 bits per heavy atom. The molecule has 3 nitrogen and oxygen atoms in total. The monoisotopic (exact) mass is 350 g/mol. The molecule has 1 amide bonds. The second-order valence-electron chi connectivity index (χ2n) is 7.49. The highest BCUT2D eigenvalue weighted by molar-refractivity contribution is 5.84. The molecule has 3 rings (SSSR count). The SMILES string of the molecule is CC(C)(C)c1ccc2cc([C@H](N3CCC(=O)N3)C(F)(F)F)ccc2c1. The molecule has 0 spiro atoms. The molecule has 25 heavy (non-hydrogen) atoms. The van der Waals surface area contributed by atoms with Crippen molar-refractivity contribution in [2.24, 2.45) is 0 Å². The lowest BCUT2D eigenvalue weighted by Crippen LogP contribution is -2.43. The minimum atomic E-state index is -4.48. The number of carbonyl (C=O) groups excluding carboxylic acids is 1. The fourth-order valence-corrected chi connectivity index (χ4v) is 3.13. The van der Waals surface area contributed by atoms with Crippen molar-refractivity contribution in [3.05, 3.63) is 47.5 Å². The lowest BCUT2D eigenvalue weighted by Gasteiger charge is -2.29. The summed E-state index contributed by atoms with van der Waals surface area (Å²) in [5, 5.41) is 2.64. The minimum Gasteiger partial charge on any atom is -0.288 e. The van der Waals surface area contributed by atoms with Crippen LogP contribution >= 0.6 is 0 Å². The summed E-state index contributed by atoms with van der Waals surface area (Å²) >= 11 is 0. The van der Waals surface area contributed by atoms with Gasteiger partial charge in [-0.25, -0.2) is 5.01 Å². The summed E-state index contributed by atoms with van der Waals surface area (Å²) in [6.07, 6.45) is -4.40. The predicted octanol–water partition coefficient (Wildman–Crippen LogP) is 4.48. The van der Waals surface area contributed by atoms with Gasteiger partial charge in [-0.15, -0.1) is 0 Å². The van der Waals surface area contributed by atoms with Gasteiger partial charge >= 0.3 is 6.18 Å². The summed E-state index contributed by atoms with van der Waals surface area (Å²) in [6, 6.07) is 8.75. The van der Waals surface area contributed by atoms with Gasteiger partial charge in [0.15, 0.2) is 0 Å². The second-order valence-corrected chi connectivity index (χ2v) is 7.49. The number of benzene rings is 2. The van der Waals surface area contributed by atoms with Crippen LogP contribution in [0.2, 0.25) is 0 Å². The number of rotatable bonds is 2. The number of halogens is 3. The Morgan fingerprint density at radius 3 is 2.24 bits per heavy atom. The fraction of sp³-hybridized carbons (Fsp3) is 0.421. The van der Waals surface area contributed by atoms with E-state index in [0.717, 1.165) is 21.3 Å². The topological polar surface area (TPSA) is 32.3 Å². The average molecular weight is 350 g/mol. The standard InChI is InChI=1S/C19H21F3N2O/c1-18(2,3)15-7-6-12-10-14(5-4-13(12)11-15)17(19(20,21)22)24-9-8-16(25)23-24/h4-7,10-11,17H,8-9H2,1-3H3,(H,23,25)/t17-/m0/s1. The summed E-state index contributed by atoms with van der Waals surface area (Å²) < 4.78 is 40.8. The van der Waals surface area contributed by atoms with E-state index in [1.807, 2.05) is 18.2 Å². The van der Waals surface area contributed by atoms with Gasteiger partial charge in [-0.05, 0) is 33.4 Å². The molecule has 2 aromatic rings. The van der Waals surface area contributed by atoms with E-state index >= 15 is 0 Å². The van der Waals surface area contributed by atoms with Gasteiger partial charge in [0.1, 0.15) is 6.04 Å². The number of fused-ring (bicyclic) bond motifs is 1. The van der Waals surface area contributed by atoms with Crippen molar-refractivity contribution in [3.63, 3.8) is 0 Å². The molecule has 0 unspecified atom stereocenters. The van der Waals surface area contributed by atoms with Crippen LogP contribution < -0.4 is 5.43 Å². The molecule has 134 valence electrons. The molecular weight excluding hydrogens is 329 g/mol. The fourth-order valence-electron chi connectivity index (χ4n) is 3.13. The number of alkyl halides is 3. The predicted molar refractivity (Wildman–Crippen MR) is 90.9 cm³/mol. The van der Waals surface area contributed by atoms with Crippen LogP contribution in [0.4, 0.5) is 13.2 Å². The van der Waals surface area contributed by atoms with Crippen LogP contribution in [0.5, 0.6) is 0 Å². The van der Waals surface area contributed by atoms with E-state index in [9.17, 15) is 18.0 Å². The maximum absolute atomic E-state index is 13.6. The van der Waals surface area contributed by atoms with Crippen LogP contribution in [-0.4, -0.2) is 23.6 Å². The molecule has 0 bridgehead atoms. The number of carbonyl (C=O) groups is 1. The first-order chi connectivity index (χ1) is 11.6. The zero-order chi connectivity index (χ0) is 18.4. The first-order valence-corrected chi connectivity index (χ1v) is 8.23. The molecule has 1 heterocycles. The van der Waals surface area contributed by atoms with E-state index in [1.165, 1.54) is 6.07 Å². The lowest BCUT2D eigenvalue weighted by molar-refractivity contribution is -0.191. The first-order valence-electron chi connectivity index (χ1n) is 8.23. The molecule has 1 N–H and O–H groups in total. The number of amides is 1. The van der Waals surface area contributed by atoms with Crippen molar-refractivity contribution < 1.29 is 18.0 Å². The van der Waals surface area contributed by atoms with Crippen molar-refractivity contribution >= 4 is 16.7 Å². The molecule has 6 heteroatoms. The zero-order valence-electron chi connectivity index (χ0n) is 14.4. The quantitative estimate of drug-likeness (QED) is 0.866. The highest BCUT2D eigenvalue weighted by Gasteiger charge is 2.46. The number of hydrogen-bond donors (Lipinski definition) is 1. The molecule has 1 aliphatic heterocycles. The molecule has 0 radical (unpaired) electrons. The van der Waals surface area contributed by atoms with Gasteiger partial charge in [-0.1, -0.05) is 51.1 Å². The minimum absolute atomic E-state index is 0.0266. The Labute approximate surface area is 144 Å². The van der Waals surface area contributed by atoms with Crippen LogP contribution in [0.15, 0.2) is 36.4 Å². The highest BCUT2D eigenvalue weighted by Crippen LogP contribution is 2.39. The van der Waals surface area contributed by atoms with Crippen molar-refractivity contribution in [2.75, 3.05) is 6.54 Å². The molecule has 0 aliphatic carbocycles. The Balaban J connectivity index is 2.02. The second kappa shape index (κ2) is 6.02. The number of hydrazine groups is 1. The summed E-state index contributed by atoms with van der Waals surface area (Å²) in [5.41, 5.74) is 3.55. The largest absolute Gasteiger partial charge is 0.409 e. The van der Waals surface area contributed by atoms with Crippen molar-refractivity contribution in [2.45, 2.75) is 44.8 Å². The van der Waals surface area contributed by atoms with E-state index in [4.69, 9.17) is 0 Å². The van der Waals surface area contributed by atoms with Gasteiger partial charge in [0.05, 0.1) is 0 Å². The normalized spacial score (nSPS) is 17.8. The van der Waals surface area contributed by atoms with E-state index in [2.05, 4.69) is 26.2 Å². The summed E-state index contributed by atoms with van der Waals surface area (Å²) in [5.74, 6) is -0.384. The Morgan fingerprint density at radius 2 is 1.68 bits per heavy atom. The Kier molecular flexibility index (Phi) is 4.27. The van der Waals surface area contributed by atoms with Crippen molar-refractivity contribution in [1.29, 1.82) is 0 Å². The highest BCUT2D eigenvalue weighted by atomic mass is 19.4. The van der Waals surface area contributed by atoms with Crippen LogP contribution in [0.25, 0.3) is 10.8 Å². The van der Waals surface area contributed by atoms with Crippen LogP contribution in [0.3, 0.4) is 0 Å². The molecule has 1 atom stereocenters. The molecule has 1 saturated heterocycles.